The molecule has 0 saturated carbocycles. The number of carbonyl (C=O) groups excluding carboxylic acids is 1. The molecule has 0 heterocycles. The largest absolute Gasteiger partial charge is 0.478 e. The first-order chi connectivity index (χ1) is 5.72. The third kappa shape index (κ3) is 5.90. The smallest absolute Gasteiger partial charge is 0.331 e. The second-order valence-electron chi connectivity index (χ2n) is 3.67. The summed E-state index contributed by atoms with van der Waals surface area (Å²) in [5.41, 5.74) is -0.746. The standard InChI is InChI=1S/C9H14O4/c1-6(8(11)12)5-7(10)13-9(2,3)4/h1,5H2,2-4H3,(H,11,12). The van der Waals surface area contributed by atoms with Crippen LogP contribution in [0.1, 0.15) is 27.2 Å². The molecular weight excluding hydrogens is 172 g/mol. The Kier molecular flexibility index (Phi) is 3.66. The summed E-state index contributed by atoms with van der Waals surface area (Å²) < 4.78 is 4.90. The Labute approximate surface area is 77.2 Å². The van der Waals surface area contributed by atoms with Gasteiger partial charge in [0.1, 0.15) is 5.60 Å². The Morgan fingerprint density at radius 2 is 1.85 bits per heavy atom. The van der Waals surface area contributed by atoms with Crippen molar-refractivity contribution in [1.29, 1.82) is 0 Å². The maximum absolute atomic E-state index is 11.0. The maximum Gasteiger partial charge on any atom is 0.331 e. The van der Waals surface area contributed by atoms with E-state index in [9.17, 15) is 9.59 Å². The molecule has 0 aromatic rings. The summed E-state index contributed by atoms with van der Waals surface area (Å²) >= 11 is 0. The van der Waals surface area contributed by atoms with Crippen LogP contribution in [-0.2, 0) is 14.3 Å². The number of carbonyl (C=O) groups is 2. The summed E-state index contributed by atoms with van der Waals surface area (Å²) in [6, 6.07) is 0. The van der Waals surface area contributed by atoms with Crippen molar-refractivity contribution in [3.63, 3.8) is 0 Å². The minimum Gasteiger partial charge on any atom is -0.478 e. The van der Waals surface area contributed by atoms with Crippen molar-refractivity contribution in [3.8, 4) is 0 Å². The van der Waals surface area contributed by atoms with Crippen molar-refractivity contribution >= 4 is 11.9 Å². The first kappa shape index (κ1) is 11.7. The van der Waals surface area contributed by atoms with Gasteiger partial charge in [-0.05, 0) is 20.8 Å². The lowest BCUT2D eigenvalue weighted by atomic mass is 10.2. The molecule has 0 fully saturated rings. The van der Waals surface area contributed by atoms with E-state index in [-0.39, 0.29) is 12.0 Å². The van der Waals surface area contributed by atoms with Crippen molar-refractivity contribution in [1.82, 2.24) is 0 Å². The summed E-state index contributed by atoms with van der Waals surface area (Å²) in [4.78, 5) is 21.3. The van der Waals surface area contributed by atoms with Gasteiger partial charge in [0.25, 0.3) is 0 Å². The molecule has 13 heavy (non-hydrogen) atoms. The molecule has 0 bridgehead atoms. The molecule has 4 heteroatoms. The molecule has 0 aliphatic heterocycles. The number of esters is 1. The van der Waals surface area contributed by atoms with Gasteiger partial charge in [0.2, 0.25) is 0 Å². The summed E-state index contributed by atoms with van der Waals surface area (Å²) in [5, 5.41) is 8.42. The molecule has 0 spiro atoms. The lowest BCUT2D eigenvalue weighted by molar-refractivity contribution is -0.155. The zero-order chi connectivity index (χ0) is 10.6. The van der Waals surface area contributed by atoms with Gasteiger partial charge in [-0.1, -0.05) is 6.58 Å². The molecule has 0 aliphatic carbocycles. The molecule has 4 nitrogen and oxygen atoms in total. The Hall–Kier alpha value is -1.32. The molecule has 74 valence electrons. The minimum absolute atomic E-state index is 0.158. The fraction of sp³-hybridized carbons (Fsp3) is 0.556. The number of hydrogen-bond acceptors (Lipinski definition) is 3. The van der Waals surface area contributed by atoms with Crippen LogP contribution in [0.25, 0.3) is 0 Å². The normalized spacial score (nSPS) is 10.7. The number of aliphatic carboxylic acids is 1. The Morgan fingerprint density at radius 3 is 2.15 bits per heavy atom. The van der Waals surface area contributed by atoms with Crippen LogP contribution in [0.3, 0.4) is 0 Å². The summed E-state index contributed by atoms with van der Waals surface area (Å²) in [7, 11) is 0. The second kappa shape index (κ2) is 4.07. The van der Waals surface area contributed by atoms with E-state index < -0.39 is 17.5 Å². The number of carboxylic acid groups (broad SMARTS) is 1. The predicted octanol–water partition coefficient (Wildman–Crippen LogP) is 1.36. The van der Waals surface area contributed by atoms with Gasteiger partial charge < -0.3 is 9.84 Å². The van der Waals surface area contributed by atoms with E-state index in [1.165, 1.54) is 0 Å². The predicted molar refractivity (Wildman–Crippen MR) is 47.2 cm³/mol. The van der Waals surface area contributed by atoms with E-state index in [0.29, 0.717) is 0 Å². The molecule has 0 radical (unpaired) electrons. The lowest BCUT2D eigenvalue weighted by Gasteiger charge is -2.19. The third-order valence-corrected chi connectivity index (χ3v) is 1.08. The Morgan fingerprint density at radius 1 is 1.38 bits per heavy atom. The molecule has 0 rings (SSSR count). The van der Waals surface area contributed by atoms with E-state index in [2.05, 4.69) is 6.58 Å². The second-order valence-corrected chi connectivity index (χ2v) is 3.67. The van der Waals surface area contributed by atoms with Crippen molar-refractivity contribution in [2.24, 2.45) is 0 Å². The summed E-state index contributed by atoms with van der Waals surface area (Å²) in [5.74, 6) is -1.74. The van der Waals surface area contributed by atoms with Gasteiger partial charge in [0.15, 0.2) is 0 Å². The van der Waals surface area contributed by atoms with E-state index in [0.717, 1.165) is 0 Å². The molecule has 0 unspecified atom stereocenters. The van der Waals surface area contributed by atoms with Gasteiger partial charge in [-0.2, -0.15) is 0 Å². The maximum atomic E-state index is 11.0. The van der Waals surface area contributed by atoms with Crippen LogP contribution < -0.4 is 0 Å². The molecule has 0 aromatic carbocycles. The SMILES string of the molecule is C=C(CC(=O)OC(C)(C)C)C(=O)O. The molecule has 1 N–H and O–H groups in total. The number of carboxylic acids is 1. The van der Waals surface area contributed by atoms with Gasteiger partial charge >= 0.3 is 11.9 Å². The molecular formula is C9H14O4. The zero-order valence-electron chi connectivity index (χ0n) is 8.09. The van der Waals surface area contributed by atoms with Crippen molar-refractivity contribution < 1.29 is 19.4 Å². The highest BCUT2D eigenvalue weighted by molar-refractivity contribution is 5.91. The van der Waals surface area contributed by atoms with Crippen LogP contribution in [0.5, 0.6) is 0 Å². The van der Waals surface area contributed by atoms with Crippen LogP contribution >= 0.6 is 0 Å². The molecule has 0 aliphatic rings. The van der Waals surface area contributed by atoms with Crippen molar-refractivity contribution in [2.45, 2.75) is 32.8 Å². The lowest BCUT2D eigenvalue weighted by Crippen LogP contribution is -2.24. The van der Waals surface area contributed by atoms with Crippen LogP contribution in [0.15, 0.2) is 12.2 Å². The highest BCUT2D eigenvalue weighted by Gasteiger charge is 2.18. The van der Waals surface area contributed by atoms with Crippen molar-refractivity contribution in [2.75, 3.05) is 0 Å². The first-order valence-corrected chi connectivity index (χ1v) is 3.85. The highest BCUT2D eigenvalue weighted by Crippen LogP contribution is 2.10. The highest BCUT2D eigenvalue weighted by atomic mass is 16.6. The molecule has 0 saturated heterocycles. The van der Waals surface area contributed by atoms with Crippen LogP contribution in [-0.4, -0.2) is 22.6 Å². The van der Waals surface area contributed by atoms with E-state index in [1.54, 1.807) is 20.8 Å². The fourth-order valence-corrected chi connectivity index (χ4v) is 0.627. The average Bonchev–Trinajstić information content (AvgIpc) is 1.81. The first-order valence-electron chi connectivity index (χ1n) is 3.85. The molecule has 0 aromatic heterocycles. The van der Waals surface area contributed by atoms with E-state index >= 15 is 0 Å². The minimum atomic E-state index is -1.18. The molecule has 0 atom stereocenters. The van der Waals surface area contributed by atoms with Gasteiger partial charge in [-0.3, -0.25) is 4.79 Å². The topological polar surface area (TPSA) is 63.6 Å². The monoisotopic (exact) mass is 186 g/mol. The van der Waals surface area contributed by atoms with E-state index in [4.69, 9.17) is 9.84 Å². The van der Waals surface area contributed by atoms with Gasteiger partial charge in [-0.25, -0.2) is 4.79 Å². The van der Waals surface area contributed by atoms with Crippen LogP contribution in [0.4, 0.5) is 0 Å². The van der Waals surface area contributed by atoms with Crippen LogP contribution in [0, 0.1) is 0 Å². The third-order valence-electron chi connectivity index (χ3n) is 1.08. The van der Waals surface area contributed by atoms with E-state index in [1.807, 2.05) is 0 Å². The Bertz CT molecular complexity index is 234. The number of hydrogen-bond donors (Lipinski definition) is 1. The van der Waals surface area contributed by atoms with Gasteiger partial charge in [0.05, 0.1) is 6.42 Å². The zero-order valence-corrected chi connectivity index (χ0v) is 8.09. The Balaban J connectivity index is 4.04. The van der Waals surface area contributed by atoms with Crippen molar-refractivity contribution in [3.05, 3.63) is 12.2 Å². The van der Waals surface area contributed by atoms with Crippen LogP contribution in [0.2, 0.25) is 0 Å². The summed E-state index contributed by atoms with van der Waals surface area (Å²) in [6.45, 7) is 8.37. The van der Waals surface area contributed by atoms with Gasteiger partial charge in [0, 0.05) is 5.57 Å². The average molecular weight is 186 g/mol. The quantitative estimate of drug-likeness (QED) is 0.534. The molecule has 0 amide bonds. The van der Waals surface area contributed by atoms with Gasteiger partial charge in [-0.15, -0.1) is 0 Å². The fourth-order valence-electron chi connectivity index (χ4n) is 0.627. The summed E-state index contributed by atoms with van der Waals surface area (Å²) in [6.07, 6.45) is -0.271. The number of ether oxygens (including phenoxy) is 1. The number of rotatable bonds is 3.